The van der Waals surface area contributed by atoms with Crippen molar-refractivity contribution in [2.24, 2.45) is 0 Å². The quantitative estimate of drug-likeness (QED) is 0.619. The zero-order valence-corrected chi connectivity index (χ0v) is 11.6. The van der Waals surface area contributed by atoms with E-state index in [-0.39, 0.29) is 0 Å². The van der Waals surface area contributed by atoms with Crippen LogP contribution in [0.3, 0.4) is 0 Å². The van der Waals surface area contributed by atoms with E-state index in [0.29, 0.717) is 0 Å². The topological polar surface area (TPSA) is 35.0 Å². The summed E-state index contributed by atoms with van der Waals surface area (Å²) in [6.07, 6.45) is 0. The smallest absolute Gasteiger partial charge is 0.149 e. The van der Waals surface area contributed by atoms with E-state index in [9.17, 15) is 0 Å². The minimum atomic E-state index is 0.810. The normalized spacial score (nSPS) is 11.2. The lowest BCUT2D eigenvalue weighted by molar-refractivity contribution is 0.416. The van der Waals surface area contributed by atoms with E-state index < -0.39 is 0 Å². The van der Waals surface area contributed by atoms with E-state index in [0.717, 1.165) is 33.4 Å². The Hall–Kier alpha value is -2.16. The molecule has 19 heavy (non-hydrogen) atoms. The second-order valence-electron chi connectivity index (χ2n) is 4.88. The number of aryl methyl sites for hydroxylation is 3. The Kier molecular flexibility index (Phi) is 2.63. The van der Waals surface area contributed by atoms with Gasteiger partial charge in [0.25, 0.3) is 0 Å². The lowest BCUT2D eigenvalue weighted by Crippen LogP contribution is -1.96. The highest BCUT2D eigenvalue weighted by atomic mass is 16.5. The first-order chi connectivity index (χ1) is 9.11. The van der Waals surface area contributed by atoms with Crippen LogP contribution >= 0.6 is 0 Å². The van der Waals surface area contributed by atoms with Gasteiger partial charge in [-0.3, -0.25) is 0 Å². The summed E-state index contributed by atoms with van der Waals surface area (Å²) >= 11 is 0. The average Bonchev–Trinajstić information content (AvgIpc) is 2.42. The number of hydrogen-bond donors (Lipinski definition) is 0. The minimum absolute atomic E-state index is 0.810. The van der Waals surface area contributed by atoms with Crippen molar-refractivity contribution in [3.8, 4) is 5.75 Å². The van der Waals surface area contributed by atoms with Crippen LogP contribution in [0.25, 0.3) is 22.1 Å². The maximum absolute atomic E-state index is 5.46. The molecule has 0 N–H and O–H groups in total. The molecule has 0 unspecified atom stereocenters. The van der Waals surface area contributed by atoms with Gasteiger partial charge in [0.15, 0.2) is 0 Å². The van der Waals surface area contributed by atoms with Crippen LogP contribution < -0.4 is 4.74 Å². The fraction of sp³-hybridized carbons (Fsp3) is 0.250. The van der Waals surface area contributed by atoms with Crippen LogP contribution in [0.2, 0.25) is 0 Å². The summed E-state index contributed by atoms with van der Waals surface area (Å²) in [5.74, 6) is 0.810. The van der Waals surface area contributed by atoms with E-state index in [1.54, 1.807) is 7.11 Å². The summed E-state index contributed by atoms with van der Waals surface area (Å²) < 4.78 is 5.46. The molecule has 3 nitrogen and oxygen atoms in total. The number of aromatic nitrogens is 2. The molecule has 0 spiro atoms. The predicted octanol–water partition coefficient (Wildman–Crippen LogP) is 3.72. The first-order valence-corrected chi connectivity index (χ1v) is 6.33. The number of ether oxygens (including phenoxy) is 1. The summed E-state index contributed by atoms with van der Waals surface area (Å²) in [5, 5.41) is 0. The molecule has 0 bridgehead atoms. The molecule has 0 amide bonds. The molecular formula is C16H16N2O. The van der Waals surface area contributed by atoms with Crippen LogP contribution in [-0.4, -0.2) is 17.1 Å². The van der Waals surface area contributed by atoms with Crippen LogP contribution in [0.15, 0.2) is 24.3 Å². The van der Waals surface area contributed by atoms with Crippen molar-refractivity contribution in [3.63, 3.8) is 0 Å². The molecule has 0 aliphatic heterocycles. The maximum atomic E-state index is 5.46. The van der Waals surface area contributed by atoms with Gasteiger partial charge in [-0.25, -0.2) is 9.97 Å². The second kappa shape index (κ2) is 4.19. The fourth-order valence-corrected chi connectivity index (χ4v) is 2.38. The first-order valence-electron chi connectivity index (χ1n) is 6.33. The van der Waals surface area contributed by atoms with E-state index >= 15 is 0 Å². The number of methoxy groups -OCH3 is 1. The molecule has 3 aromatic rings. The van der Waals surface area contributed by atoms with Crippen molar-refractivity contribution in [1.82, 2.24) is 9.97 Å². The molecule has 0 saturated heterocycles. The van der Waals surface area contributed by atoms with Crippen molar-refractivity contribution in [1.29, 1.82) is 0 Å². The number of rotatable bonds is 1. The summed E-state index contributed by atoms with van der Waals surface area (Å²) in [4.78, 5) is 9.47. The standard InChI is InChI=1S/C16H16N2O/c1-9-5-7-12-14(11(9)3)17-13-8-6-10(2)16(19-4)15(13)18-12/h5-8H,1-4H3. The van der Waals surface area contributed by atoms with Crippen molar-refractivity contribution >= 4 is 22.1 Å². The number of hydrogen-bond acceptors (Lipinski definition) is 3. The molecule has 3 rings (SSSR count). The Bertz CT molecular complexity index is 794. The molecule has 96 valence electrons. The molecule has 0 atom stereocenters. The molecule has 3 heteroatoms. The number of fused-ring (bicyclic) bond motifs is 2. The van der Waals surface area contributed by atoms with Gasteiger partial charge in [-0.05, 0) is 49.6 Å². The summed E-state index contributed by atoms with van der Waals surface area (Å²) in [6.45, 7) is 6.20. The van der Waals surface area contributed by atoms with Crippen LogP contribution in [0.5, 0.6) is 5.75 Å². The van der Waals surface area contributed by atoms with Crippen molar-refractivity contribution in [3.05, 3.63) is 41.0 Å². The monoisotopic (exact) mass is 252 g/mol. The Morgan fingerprint density at radius 2 is 1.37 bits per heavy atom. The molecule has 0 aliphatic rings. The van der Waals surface area contributed by atoms with Crippen molar-refractivity contribution < 1.29 is 4.74 Å². The van der Waals surface area contributed by atoms with Crippen LogP contribution in [0, 0.1) is 20.8 Å². The first kappa shape index (κ1) is 11.9. The highest BCUT2D eigenvalue weighted by Crippen LogP contribution is 2.29. The third-order valence-electron chi connectivity index (χ3n) is 3.66. The lowest BCUT2D eigenvalue weighted by atomic mass is 10.1. The molecule has 0 aliphatic carbocycles. The molecule has 1 heterocycles. The van der Waals surface area contributed by atoms with E-state index in [4.69, 9.17) is 14.7 Å². The minimum Gasteiger partial charge on any atom is -0.494 e. The fourth-order valence-electron chi connectivity index (χ4n) is 2.38. The Morgan fingerprint density at radius 3 is 2.05 bits per heavy atom. The van der Waals surface area contributed by atoms with Gasteiger partial charge in [0, 0.05) is 0 Å². The molecule has 0 fully saturated rings. The van der Waals surface area contributed by atoms with E-state index in [1.165, 1.54) is 11.1 Å². The van der Waals surface area contributed by atoms with Crippen molar-refractivity contribution in [2.45, 2.75) is 20.8 Å². The van der Waals surface area contributed by atoms with Gasteiger partial charge in [0.05, 0.1) is 23.7 Å². The van der Waals surface area contributed by atoms with Gasteiger partial charge >= 0.3 is 0 Å². The summed E-state index contributed by atoms with van der Waals surface area (Å²) in [7, 11) is 1.67. The largest absolute Gasteiger partial charge is 0.494 e. The number of nitrogens with zero attached hydrogens (tertiary/aromatic N) is 2. The Morgan fingerprint density at radius 1 is 0.789 bits per heavy atom. The summed E-state index contributed by atoms with van der Waals surface area (Å²) in [6, 6.07) is 8.13. The lowest BCUT2D eigenvalue weighted by Gasteiger charge is -2.10. The second-order valence-corrected chi connectivity index (χ2v) is 4.88. The van der Waals surface area contributed by atoms with Crippen molar-refractivity contribution in [2.75, 3.05) is 7.11 Å². The van der Waals surface area contributed by atoms with Gasteiger partial charge in [-0.1, -0.05) is 12.1 Å². The molecular weight excluding hydrogens is 236 g/mol. The molecule has 2 aromatic carbocycles. The highest BCUT2D eigenvalue weighted by molar-refractivity contribution is 5.91. The molecule has 0 saturated carbocycles. The highest BCUT2D eigenvalue weighted by Gasteiger charge is 2.11. The van der Waals surface area contributed by atoms with Gasteiger partial charge in [0.1, 0.15) is 11.3 Å². The van der Waals surface area contributed by atoms with Crippen LogP contribution in [0.4, 0.5) is 0 Å². The Balaban J connectivity index is 2.48. The van der Waals surface area contributed by atoms with Gasteiger partial charge in [-0.2, -0.15) is 0 Å². The third kappa shape index (κ3) is 1.73. The SMILES string of the molecule is COc1c(C)ccc2nc3c(C)c(C)ccc3nc12. The number of benzene rings is 2. The molecule has 1 aromatic heterocycles. The van der Waals surface area contributed by atoms with Gasteiger partial charge in [0.2, 0.25) is 0 Å². The van der Waals surface area contributed by atoms with Gasteiger partial charge < -0.3 is 4.74 Å². The van der Waals surface area contributed by atoms with Crippen LogP contribution in [0.1, 0.15) is 16.7 Å². The maximum Gasteiger partial charge on any atom is 0.149 e. The van der Waals surface area contributed by atoms with Gasteiger partial charge in [-0.15, -0.1) is 0 Å². The molecule has 0 radical (unpaired) electrons. The Labute approximate surface area is 112 Å². The zero-order chi connectivity index (χ0) is 13.6. The predicted molar refractivity (Wildman–Crippen MR) is 77.8 cm³/mol. The van der Waals surface area contributed by atoms with Crippen LogP contribution in [-0.2, 0) is 0 Å². The van der Waals surface area contributed by atoms with E-state index in [1.807, 2.05) is 25.1 Å². The van der Waals surface area contributed by atoms with E-state index in [2.05, 4.69) is 19.9 Å². The zero-order valence-electron chi connectivity index (χ0n) is 11.6. The average molecular weight is 252 g/mol. The summed E-state index contributed by atoms with van der Waals surface area (Å²) in [5.41, 5.74) is 7.10. The third-order valence-corrected chi connectivity index (χ3v) is 3.66.